The lowest BCUT2D eigenvalue weighted by atomic mass is 10.1. The summed E-state index contributed by atoms with van der Waals surface area (Å²) < 4.78 is 12.3. The van der Waals surface area contributed by atoms with Gasteiger partial charge in [0.05, 0.1) is 12.8 Å². The molecule has 0 aliphatic carbocycles. The maximum absolute atomic E-state index is 13.1. The van der Waals surface area contributed by atoms with Gasteiger partial charge in [-0.25, -0.2) is 14.3 Å². The summed E-state index contributed by atoms with van der Waals surface area (Å²) in [7, 11) is 1.54. The second kappa shape index (κ2) is 9.78. The Labute approximate surface area is 185 Å². The molecule has 1 unspecified atom stereocenters. The number of nitrogens with one attached hydrogen (secondary N) is 1. The summed E-state index contributed by atoms with van der Waals surface area (Å²) >= 11 is 0. The summed E-state index contributed by atoms with van der Waals surface area (Å²) in [6, 6.07) is 15.3. The zero-order valence-electron chi connectivity index (χ0n) is 17.9. The van der Waals surface area contributed by atoms with Crippen molar-refractivity contribution in [2.75, 3.05) is 7.11 Å². The molecule has 0 saturated carbocycles. The van der Waals surface area contributed by atoms with Gasteiger partial charge in [0, 0.05) is 11.8 Å². The van der Waals surface area contributed by atoms with Gasteiger partial charge in [-0.15, -0.1) is 0 Å². The molecule has 1 atom stereocenters. The third-order valence-electron chi connectivity index (χ3n) is 4.64. The molecule has 3 rings (SSSR count). The Kier molecular flexibility index (Phi) is 6.89. The molecule has 2 aromatic carbocycles. The summed E-state index contributed by atoms with van der Waals surface area (Å²) in [5.41, 5.74) is 6.91. The number of hydrogen-bond acceptors (Lipinski definition) is 6. The van der Waals surface area contributed by atoms with E-state index >= 15 is 0 Å². The van der Waals surface area contributed by atoms with Crippen LogP contribution in [0.4, 0.5) is 4.79 Å². The average Bonchev–Trinajstić information content (AvgIpc) is 3.23. The van der Waals surface area contributed by atoms with E-state index < -0.39 is 29.9 Å². The number of methoxy groups -OCH3 is 1. The van der Waals surface area contributed by atoms with Crippen LogP contribution in [-0.4, -0.2) is 40.9 Å². The number of primary amides is 1. The first kappa shape index (κ1) is 22.5. The van der Waals surface area contributed by atoms with Crippen molar-refractivity contribution in [3.05, 3.63) is 66.4 Å². The van der Waals surface area contributed by atoms with E-state index in [1.54, 1.807) is 49.9 Å². The number of imide groups is 1. The van der Waals surface area contributed by atoms with E-state index in [1.807, 2.05) is 35.6 Å². The van der Waals surface area contributed by atoms with Crippen LogP contribution in [0.15, 0.2) is 60.8 Å². The number of nitrogens with zero attached hydrogens (tertiary/aromatic N) is 2. The van der Waals surface area contributed by atoms with Gasteiger partial charge in [0.2, 0.25) is 0 Å². The lowest BCUT2D eigenvalue weighted by Gasteiger charge is -2.19. The van der Waals surface area contributed by atoms with Gasteiger partial charge in [0.1, 0.15) is 17.0 Å². The molecule has 166 valence electrons. The minimum absolute atomic E-state index is 0.152. The number of esters is 1. The third kappa shape index (κ3) is 5.12. The molecule has 0 saturated heterocycles. The van der Waals surface area contributed by atoms with Gasteiger partial charge in [-0.1, -0.05) is 44.2 Å². The Hall–Kier alpha value is -4.14. The van der Waals surface area contributed by atoms with Gasteiger partial charge in [0.15, 0.2) is 6.10 Å². The molecule has 9 nitrogen and oxygen atoms in total. The number of urea groups is 1. The van der Waals surface area contributed by atoms with Gasteiger partial charge in [0.25, 0.3) is 5.91 Å². The van der Waals surface area contributed by atoms with Crippen LogP contribution in [-0.2, 0) is 9.53 Å². The first-order chi connectivity index (χ1) is 15.3. The minimum Gasteiger partial charge on any atom is -0.497 e. The molecule has 9 heteroatoms. The molecule has 3 amide bonds. The zero-order chi connectivity index (χ0) is 23.3. The highest BCUT2D eigenvalue weighted by Gasteiger charge is 2.30. The van der Waals surface area contributed by atoms with E-state index in [9.17, 15) is 14.4 Å². The summed E-state index contributed by atoms with van der Waals surface area (Å²) in [5.74, 6) is -1.36. The van der Waals surface area contributed by atoms with E-state index in [1.165, 1.54) is 6.20 Å². The van der Waals surface area contributed by atoms with Crippen LogP contribution in [0.5, 0.6) is 5.75 Å². The second-order valence-electron chi connectivity index (χ2n) is 7.33. The highest BCUT2D eigenvalue weighted by atomic mass is 16.5. The van der Waals surface area contributed by atoms with Crippen LogP contribution >= 0.6 is 0 Å². The molecule has 0 fully saturated rings. The summed E-state index contributed by atoms with van der Waals surface area (Å²) in [4.78, 5) is 36.5. The predicted octanol–water partition coefficient (Wildman–Crippen LogP) is 2.92. The van der Waals surface area contributed by atoms with Crippen molar-refractivity contribution in [2.24, 2.45) is 11.7 Å². The SMILES string of the molecule is COc1cccc(-c2nn(-c3ccccc3)cc2C(=O)OC(C(=O)NC(N)=O)C(C)C)c1. The number of hydrogen-bond donors (Lipinski definition) is 2. The molecule has 0 radical (unpaired) electrons. The number of carbonyl (C=O) groups is 3. The number of rotatable bonds is 7. The van der Waals surface area contributed by atoms with E-state index in [2.05, 4.69) is 5.10 Å². The van der Waals surface area contributed by atoms with Crippen molar-refractivity contribution in [1.82, 2.24) is 15.1 Å². The predicted molar refractivity (Wildman–Crippen MR) is 117 cm³/mol. The largest absolute Gasteiger partial charge is 0.497 e. The molecular formula is C23H24N4O5. The molecule has 0 aliphatic rings. The normalized spacial score (nSPS) is 11.6. The number of ether oxygens (including phenoxy) is 2. The van der Waals surface area contributed by atoms with Crippen molar-refractivity contribution in [3.8, 4) is 22.7 Å². The lowest BCUT2D eigenvalue weighted by molar-refractivity contribution is -0.130. The van der Waals surface area contributed by atoms with Gasteiger partial charge < -0.3 is 15.2 Å². The number of nitrogens with two attached hydrogens (primary N) is 1. The standard InChI is InChI=1S/C23H24N4O5/c1-14(2)20(21(28)25-23(24)30)32-22(29)18-13-27(16-9-5-4-6-10-16)26-19(18)15-8-7-11-17(12-15)31-3/h4-14,20H,1-3H3,(H3,24,25,28,30). The Morgan fingerprint density at radius 1 is 1.06 bits per heavy atom. The Balaban J connectivity index is 2.03. The van der Waals surface area contributed by atoms with Crippen molar-refractivity contribution in [2.45, 2.75) is 20.0 Å². The minimum atomic E-state index is -1.21. The number of benzene rings is 2. The van der Waals surface area contributed by atoms with Crippen molar-refractivity contribution in [1.29, 1.82) is 0 Å². The molecule has 3 aromatic rings. The molecule has 0 bridgehead atoms. The molecule has 32 heavy (non-hydrogen) atoms. The quantitative estimate of drug-likeness (QED) is 0.549. The Morgan fingerprint density at radius 3 is 2.41 bits per heavy atom. The Morgan fingerprint density at radius 2 is 1.78 bits per heavy atom. The monoisotopic (exact) mass is 436 g/mol. The van der Waals surface area contributed by atoms with Crippen molar-refractivity contribution in [3.63, 3.8) is 0 Å². The summed E-state index contributed by atoms with van der Waals surface area (Å²) in [6.45, 7) is 3.38. The van der Waals surface area contributed by atoms with Crippen LogP contribution in [0.2, 0.25) is 0 Å². The molecule has 1 heterocycles. The maximum atomic E-state index is 13.1. The van der Waals surface area contributed by atoms with Crippen LogP contribution < -0.4 is 15.8 Å². The highest BCUT2D eigenvalue weighted by Crippen LogP contribution is 2.28. The number of aromatic nitrogens is 2. The molecular weight excluding hydrogens is 412 g/mol. The molecule has 0 spiro atoms. The number of carbonyl (C=O) groups excluding carboxylic acids is 3. The fourth-order valence-corrected chi connectivity index (χ4v) is 3.08. The average molecular weight is 436 g/mol. The summed E-state index contributed by atoms with van der Waals surface area (Å²) in [6.07, 6.45) is 0.323. The maximum Gasteiger partial charge on any atom is 0.342 e. The van der Waals surface area contributed by atoms with Gasteiger partial charge in [-0.2, -0.15) is 5.10 Å². The number of amides is 3. The van der Waals surface area contributed by atoms with Crippen molar-refractivity contribution < 1.29 is 23.9 Å². The first-order valence-corrected chi connectivity index (χ1v) is 9.91. The molecule has 3 N–H and O–H groups in total. The van der Waals surface area contributed by atoms with E-state index in [4.69, 9.17) is 15.2 Å². The fraction of sp³-hybridized carbons (Fsp3) is 0.217. The van der Waals surface area contributed by atoms with Crippen LogP contribution in [0.25, 0.3) is 16.9 Å². The van der Waals surface area contributed by atoms with Gasteiger partial charge in [-0.05, 0) is 30.2 Å². The zero-order valence-corrected chi connectivity index (χ0v) is 17.9. The van der Waals surface area contributed by atoms with Gasteiger partial charge in [-0.3, -0.25) is 10.1 Å². The van der Waals surface area contributed by atoms with Crippen LogP contribution in [0.1, 0.15) is 24.2 Å². The molecule has 0 aliphatic heterocycles. The second-order valence-corrected chi connectivity index (χ2v) is 7.33. The lowest BCUT2D eigenvalue weighted by Crippen LogP contribution is -2.45. The van der Waals surface area contributed by atoms with Gasteiger partial charge >= 0.3 is 12.0 Å². The van der Waals surface area contributed by atoms with E-state index in [0.29, 0.717) is 17.0 Å². The van der Waals surface area contributed by atoms with E-state index in [0.717, 1.165) is 5.69 Å². The number of para-hydroxylation sites is 1. The van der Waals surface area contributed by atoms with Crippen LogP contribution in [0, 0.1) is 5.92 Å². The van der Waals surface area contributed by atoms with E-state index in [-0.39, 0.29) is 5.56 Å². The highest BCUT2D eigenvalue weighted by molar-refractivity contribution is 6.00. The Bertz CT molecular complexity index is 1120. The molecule has 1 aromatic heterocycles. The van der Waals surface area contributed by atoms with Crippen LogP contribution in [0.3, 0.4) is 0 Å². The topological polar surface area (TPSA) is 126 Å². The smallest absolute Gasteiger partial charge is 0.342 e. The first-order valence-electron chi connectivity index (χ1n) is 9.91. The van der Waals surface area contributed by atoms with Crippen molar-refractivity contribution >= 4 is 17.9 Å². The fourth-order valence-electron chi connectivity index (χ4n) is 3.08. The third-order valence-corrected chi connectivity index (χ3v) is 4.64. The summed E-state index contributed by atoms with van der Waals surface area (Å²) in [5, 5.41) is 6.54.